The second kappa shape index (κ2) is 5.69. The van der Waals surface area contributed by atoms with Crippen LogP contribution in [0.1, 0.15) is 33.1 Å². The first-order valence-electron chi connectivity index (χ1n) is 6.97. The van der Waals surface area contributed by atoms with E-state index in [0.717, 1.165) is 32.5 Å². The fraction of sp³-hybridized carbons (Fsp3) is 0.846. The molecule has 2 aliphatic heterocycles. The molecule has 2 atom stereocenters. The van der Waals surface area contributed by atoms with Crippen molar-refractivity contribution in [2.24, 2.45) is 0 Å². The molecule has 2 saturated heterocycles. The van der Waals surface area contributed by atoms with E-state index in [1.54, 1.807) is 4.90 Å². The number of nitrogens with one attached hydrogen (secondary N) is 1. The third kappa shape index (κ3) is 2.66. The maximum Gasteiger partial charge on any atom is 0.245 e. The number of likely N-dealkylation sites (N-methyl/N-ethyl adjacent to an activating group) is 1. The summed E-state index contributed by atoms with van der Waals surface area (Å²) in [5.41, 5.74) is 0. The highest BCUT2D eigenvalue weighted by molar-refractivity contribution is 5.95. The van der Waals surface area contributed by atoms with Crippen molar-refractivity contribution in [1.29, 1.82) is 0 Å². The lowest BCUT2D eigenvalue weighted by Crippen LogP contribution is -2.62. The van der Waals surface area contributed by atoms with Gasteiger partial charge in [0.05, 0.1) is 6.54 Å². The number of rotatable bonds is 3. The Morgan fingerprint density at radius 3 is 2.78 bits per heavy atom. The van der Waals surface area contributed by atoms with Crippen LogP contribution < -0.4 is 5.32 Å². The summed E-state index contributed by atoms with van der Waals surface area (Å²) in [6.45, 7) is 7.34. The summed E-state index contributed by atoms with van der Waals surface area (Å²) >= 11 is 0. The lowest BCUT2D eigenvalue weighted by Gasteiger charge is -2.42. The number of amides is 2. The Morgan fingerprint density at radius 2 is 2.11 bits per heavy atom. The van der Waals surface area contributed by atoms with Crippen LogP contribution in [0.4, 0.5) is 0 Å². The predicted molar refractivity (Wildman–Crippen MR) is 69.1 cm³/mol. The fourth-order valence-corrected chi connectivity index (χ4v) is 2.89. The Balaban J connectivity index is 2.05. The summed E-state index contributed by atoms with van der Waals surface area (Å²) in [6.07, 6.45) is 2.80. The molecular formula is C13H23N3O2. The highest BCUT2D eigenvalue weighted by atomic mass is 16.2. The van der Waals surface area contributed by atoms with Gasteiger partial charge in [-0.05, 0) is 32.4 Å². The summed E-state index contributed by atoms with van der Waals surface area (Å²) in [5.74, 6) is 0.0788. The summed E-state index contributed by atoms with van der Waals surface area (Å²) in [5, 5.41) is 2.77. The van der Waals surface area contributed by atoms with E-state index in [1.807, 2.05) is 6.92 Å². The maximum absolute atomic E-state index is 12.3. The number of nitrogens with zero attached hydrogens (tertiary/aromatic N) is 2. The molecule has 0 bridgehead atoms. The fourth-order valence-electron chi connectivity index (χ4n) is 2.89. The predicted octanol–water partition coefficient (Wildman–Crippen LogP) is 0.208. The normalized spacial score (nSPS) is 30.4. The van der Waals surface area contributed by atoms with Crippen molar-refractivity contribution in [2.45, 2.75) is 45.2 Å². The van der Waals surface area contributed by atoms with E-state index < -0.39 is 0 Å². The number of piperidine rings is 1. The van der Waals surface area contributed by atoms with E-state index in [-0.39, 0.29) is 30.4 Å². The van der Waals surface area contributed by atoms with Crippen LogP contribution in [0, 0.1) is 0 Å². The van der Waals surface area contributed by atoms with Crippen molar-refractivity contribution in [3.8, 4) is 0 Å². The Kier molecular flexibility index (Phi) is 4.22. The van der Waals surface area contributed by atoms with E-state index in [0.29, 0.717) is 6.42 Å². The minimum atomic E-state index is -0.316. The molecular weight excluding hydrogens is 230 g/mol. The molecule has 2 rings (SSSR count). The topological polar surface area (TPSA) is 52.7 Å². The largest absolute Gasteiger partial charge is 0.343 e. The second-order valence-corrected chi connectivity index (χ2v) is 5.18. The molecule has 0 aromatic heterocycles. The highest BCUT2D eigenvalue weighted by Crippen LogP contribution is 2.18. The average Bonchev–Trinajstić information content (AvgIpc) is 2.41. The molecule has 2 aliphatic rings. The van der Waals surface area contributed by atoms with E-state index in [9.17, 15) is 9.59 Å². The van der Waals surface area contributed by atoms with E-state index in [4.69, 9.17) is 0 Å². The van der Waals surface area contributed by atoms with Crippen LogP contribution in [-0.2, 0) is 9.59 Å². The van der Waals surface area contributed by atoms with Gasteiger partial charge >= 0.3 is 0 Å². The van der Waals surface area contributed by atoms with Crippen molar-refractivity contribution in [3.05, 3.63) is 0 Å². The van der Waals surface area contributed by atoms with Gasteiger partial charge in [0.15, 0.2) is 0 Å². The first-order chi connectivity index (χ1) is 8.65. The molecule has 5 nitrogen and oxygen atoms in total. The molecule has 2 fully saturated rings. The molecule has 0 aromatic rings. The molecule has 5 heteroatoms. The lowest BCUT2D eigenvalue weighted by molar-refractivity contribution is -0.147. The molecule has 2 heterocycles. The summed E-state index contributed by atoms with van der Waals surface area (Å²) in [6, 6.07) is -0.102. The minimum Gasteiger partial charge on any atom is -0.343 e. The molecule has 2 unspecified atom stereocenters. The SMILES string of the molecule is CCC1NC(=O)CN(C2CCCN(CC)C2)C1=O. The maximum atomic E-state index is 12.3. The number of hydrogen-bond donors (Lipinski definition) is 1. The molecule has 0 saturated carbocycles. The monoisotopic (exact) mass is 253 g/mol. The number of likely N-dealkylation sites (tertiary alicyclic amines) is 1. The van der Waals surface area contributed by atoms with Gasteiger partial charge in [0.1, 0.15) is 6.04 Å². The van der Waals surface area contributed by atoms with Gasteiger partial charge in [-0.15, -0.1) is 0 Å². The van der Waals surface area contributed by atoms with Gasteiger partial charge in [-0.2, -0.15) is 0 Å². The van der Waals surface area contributed by atoms with Crippen LogP contribution in [0.5, 0.6) is 0 Å². The molecule has 0 aromatic carbocycles. The van der Waals surface area contributed by atoms with Crippen molar-refractivity contribution in [1.82, 2.24) is 15.1 Å². The highest BCUT2D eigenvalue weighted by Gasteiger charge is 2.36. The number of hydrogen-bond acceptors (Lipinski definition) is 3. The van der Waals surface area contributed by atoms with Gasteiger partial charge in [0.25, 0.3) is 0 Å². The standard InChI is InChI=1S/C13H23N3O2/c1-3-11-13(18)16(9-12(17)14-11)10-6-5-7-15(4-2)8-10/h10-11H,3-9H2,1-2H3,(H,14,17). The van der Waals surface area contributed by atoms with Gasteiger partial charge in [-0.25, -0.2) is 0 Å². The van der Waals surface area contributed by atoms with E-state index in [1.165, 1.54) is 0 Å². The Bertz CT molecular complexity index is 332. The average molecular weight is 253 g/mol. The van der Waals surface area contributed by atoms with Crippen LogP contribution >= 0.6 is 0 Å². The zero-order valence-corrected chi connectivity index (χ0v) is 11.3. The lowest BCUT2D eigenvalue weighted by atomic mass is 10.0. The summed E-state index contributed by atoms with van der Waals surface area (Å²) in [4.78, 5) is 28.1. The molecule has 102 valence electrons. The molecule has 18 heavy (non-hydrogen) atoms. The van der Waals surface area contributed by atoms with Crippen LogP contribution in [0.3, 0.4) is 0 Å². The van der Waals surface area contributed by atoms with Crippen molar-refractivity contribution in [2.75, 3.05) is 26.2 Å². The van der Waals surface area contributed by atoms with E-state index in [2.05, 4.69) is 17.1 Å². The third-order valence-corrected chi connectivity index (χ3v) is 4.01. The smallest absolute Gasteiger partial charge is 0.245 e. The van der Waals surface area contributed by atoms with Gasteiger partial charge in [-0.3, -0.25) is 9.59 Å². The van der Waals surface area contributed by atoms with Crippen molar-refractivity contribution in [3.63, 3.8) is 0 Å². The number of piperazine rings is 1. The third-order valence-electron chi connectivity index (χ3n) is 4.01. The van der Waals surface area contributed by atoms with Gasteiger partial charge in [0.2, 0.25) is 11.8 Å². The first kappa shape index (κ1) is 13.3. The molecule has 0 spiro atoms. The zero-order valence-electron chi connectivity index (χ0n) is 11.3. The van der Waals surface area contributed by atoms with Gasteiger partial charge in [-0.1, -0.05) is 13.8 Å². The Morgan fingerprint density at radius 1 is 1.33 bits per heavy atom. The summed E-state index contributed by atoms with van der Waals surface area (Å²) in [7, 11) is 0. The zero-order chi connectivity index (χ0) is 13.1. The molecule has 1 N–H and O–H groups in total. The molecule has 0 radical (unpaired) electrons. The number of carbonyl (C=O) groups is 2. The Hall–Kier alpha value is -1.10. The molecule has 0 aliphatic carbocycles. The Labute approximate surface area is 108 Å². The molecule has 2 amide bonds. The van der Waals surface area contributed by atoms with Gasteiger partial charge < -0.3 is 15.1 Å². The first-order valence-corrected chi connectivity index (χ1v) is 6.97. The van der Waals surface area contributed by atoms with Crippen molar-refractivity contribution >= 4 is 11.8 Å². The van der Waals surface area contributed by atoms with Crippen molar-refractivity contribution < 1.29 is 9.59 Å². The van der Waals surface area contributed by atoms with E-state index >= 15 is 0 Å². The number of carbonyl (C=O) groups excluding carboxylic acids is 2. The van der Waals surface area contributed by atoms with Crippen LogP contribution in [0.15, 0.2) is 0 Å². The van der Waals surface area contributed by atoms with Crippen LogP contribution in [0.25, 0.3) is 0 Å². The summed E-state index contributed by atoms with van der Waals surface area (Å²) < 4.78 is 0. The van der Waals surface area contributed by atoms with Gasteiger partial charge in [0, 0.05) is 12.6 Å². The van der Waals surface area contributed by atoms with Crippen LogP contribution in [0.2, 0.25) is 0 Å². The minimum absolute atomic E-state index is 0.0185. The quantitative estimate of drug-likeness (QED) is 0.782. The van der Waals surface area contributed by atoms with Crippen LogP contribution in [-0.4, -0.2) is 59.9 Å². The second-order valence-electron chi connectivity index (χ2n) is 5.18.